The van der Waals surface area contributed by atoms with Gasteiger partial charge in [0.05, 0.1) is 12.6 Å². The van der Waals surface area contributed by atoms with Crippen molar-refractivity contribution in [1.29, 1.82) is 0 Å². The van der Waals surface area contributed by atoms with Gasteiger partial charge in [-0.1, -0.05) is 36.4 Å². The molecule has 1 atom stereocenters. The monoisotopic (exact) mass is 422 g/mol. The summed E-state index contributed by atoms with van der Waals surface area (Å²) >= 11 is 1.65. The Morgan fingerprint density at radius 1 is 1.10 bits per heavy atom. The van der Waals surface area contributed by atoms with Gasteiger partial charge in [-0.15, -0.1) is 11.3 Å². The van der Waals surface area contributed by atoms with E-state index < -0.39 is 0 Å². The maximum absolute atomic E-state index is 12.9. The van der Waals surface area contributed by atoms with Gasteiger partial charge < -0.3 is 15.0 Å². The molecule has 1 saturated heterocycles. The van der Waals surface area contributed by atoms with E-state index in [-0.39, 0.29) is 24.3 Å². The quantitative estimate of drug-likeness (QED) is 0.591. The van der Waals surface area contributed by atoms with E-state index in [9.17, 15) is 9.59 Å². The van der Waals surface area contributed by atoms with Gasteiger partial charge in [0.25, 0.3) is 5.91 Å². The van der Waals surface area contributed by atoms with Gasteiger partial charge in [0, 0.05) is 36.6 Å². The van der Waals surface area contributed by atoms with E-state index in [2.05, 4.69) is 5.32 Å². The molecule has 0 radical (unpaired) electrons. The third-order valence-corrected chi connectivity index (χ3v) is 6.22. The van der Waals surface area contributed by atoms with Crippen LogP contribution in [0.15, 0.2) is 60.0 Å². The van der Waals surface area contributed by atoms with Crippen LogP contribution >= 0.6 is 11.3 Å². The van der Waals surface area contributed by atoms with E-state index in [4.69, 9.17) is 4.74 Å². The first-order chi connectivity index (χ1) is 14.7. The molecule has 1 aliphatic rings. The van der Waals surface area contributed by atoms with Crippen molar-refractivity contribution in [3.8, 4) is 0 Å². The lowest BCUT2D eigenvalue weighted by Crippen LogP contribution is -2.38. The van der Waals surface area contributed by atoms with Crippen LogP contribution in [-0.2, 0) is 16.1 Å². The normalized spacial score (nSPS) is 15.9. The van der Waals surface area contributed by atoms with Gasteiger partial charge in [-0.25, -0.2) is 0 Å². The summed E-state index contributed by atoms with van der Waals surface area (Å²) in [4.78, 5) is 28.4. The van der Waals surface area contributed by atoms with Crippen LogP contribution < -0.4 is 5.32 Å². The second kappa shape index (κ2) is 9.87. The molecule has 1 aliphatic heterocycles. The maximum atomic E-state index is 12.9. The molecule has 6 heteroatoms. The van der Waals surface area contributed by atoms with Crippen molar-refractivity contribution in [1.82, 2.24) is 10.2 Å². The number of thiophene rings is 1. The molecule has 1 aromatic heterocycles. The van der Waals surface area contributed by atoms with Gasteiger partial charge in [0.2, 0.25) is 5.91 Å². The minimum Gasteiger partial charge on any atom is -0.376 e. The first-order valence-electron chi connectivity index (χ1n) is 10.4. The average Bonchev–Trinajstić information content (AvgIpc) is 3.47. The number of amides is 2. The van der Waals surface area contributed by atoms with Crippen LogP contribution in [-0.4, -0.2) is 42.5 Å². The first-order valence-corrected chi connectivity index (χ1v) is 11.3. The maximum Gasteiger partial charge on any atom is 0.251 e. The standard InChI is InChI=1S/C24H26N2O3S/c27-23(26(16-21-7-3-13-29-21)17-22-8-4-14-30-22)11-12-25-24(28)20-10-9-18-5-1-2-6-19(18)15-20/h1-2,4-6,8-10,14-15,21H,3,7,11-13,16-17H2,(H,25,28). The van der Waals surface area contributed by atoms with Crippen molar-refractivity contribution >= 4 is 33.9 Å². The summed E-state index contributed by atoms with van der Waals surface area (Å²) in [5, 5.41) is 7.04. The van der Waals surface area contributed by atoms with Crippen LogP contribution in [0.4, 0.5) is 0 Å². The van der Waals surface area contributed by atoms with Gasteiger partial charge in [0.15, 0.2) is 0 Å². The van der Waals surface area contributed by atoms with E-state index in [0.717, 1.165) is 35.1 Å². The van der Waals surface area contributed by atoms with Crippen molar-refractivity contribution in [2.75, 3.05) is 19.7 Å². The summed E-state index contributed by atoms with van der Waals surface area (Å²) in [6.07, 6.45) is 2.43. The molecule has 0 saturated carbocycles. The van der Waals surface area contributed by atoms with E-state index in [1.807, 2.05) is 64.9 Å². The van der Waals surface area contributed by atoms with Crippen molar-refractivity contribution in [3.63, 3.8) is 0 Å². The molecule has 3 aromatic rings. The summed E-state index contributed by atoms with van der Waals surface area (Å²) in [6.45, 7) is 2.29. The summed E-state index contributed by atoms with van der Waals surface area (Å²) in [5.41, 5.74) is 0.607. The number of benzene rings is 2. The Labute approximate surface area is 180 Å². The first kappa shape index (κ1) is 20.6. The molecular weight excluding hydrogens is 396 g/mol. The average molecular weight is 423 g/mol. The molecule has 4 rings (SSSR count). The predicted molar refractivity (Wildman–Crippen MR) is 120 cm³/mol. The lowest BCUT2D eigenvalue weighted by Gasteiger charge is -2.25. The Hall–Kier alpha value is -2.70. The minimum atomic E-state index is -0.155. The van der Waals surface area contributed by atoms with Crippen molar-refractivity contribution in [2.45, 2.75) is 31.9 Å². The molecule has 30 heavy (non-hydrogen) atoms. The Bertz CT molecular complexity index is 997. The Morgan fingerprint density at radius 2 is 1.97 bits per heavy atom. The molecule has 5 nitrogen and oxygen atoms in total. The van der Waals surface area contributed by atoms with Gasteiger partial charge in [0.1, 0.15) is 0 Å². The van der Waals surface area contributed by atoms with E-state index in [0.29, 0.717) is 25.2 Å². The third kappa shape index (κ3) is 5.26. The van der Waals surface area contributed by atoms with Crippen LogP contribution in [0.25, 0.3) is 10.8 Å². The SMILES string of the molecule is O=C(NCCC(=O)N(Cc1cccs1)CC1CCCO1)c1ccc2ccccc2c1. The predicted octanol–water partition coefficient (Wildman–Crippen LogP) is 4.23. The Kier molecular flexibility index (Phi) is 6.77. The second-order valence-corrected chi connectivity index (χ2v) is 8.59. The fourth-order valence-corrected chi connectivity index (χ4v) is 4.47. The highest BCUT2D eigenvalue weighted by atomic mass is 32.1. The van der Waals surface area contributed by atoms with Crippen LogP contribution in [0.3, 0.4) is 0 Å². The summed E-state index contributed by atoms with van der Waals surface area (Å²) < 4.78 is 5.73. The molecule has 1 N–H and O–H groups in total. The fraction of sp³-hybridized carbons (Fsp3) is 0.333. The number of ether oxygens (including phenoxy) is 1. The van der Waals surface area contributed by atoms with E-state index in [1.165, 1.54) is 0 Å². The molecule has 2 heterocycles. The van der Waals surface area contributed by atoms with Crippen molar-refractivity contribution < 1.29 is 14.3 Å². The number of hydrogen-bond acceptors (Lipinski definition) is 4. The molecule has 2 aromatic carbocycles. The summed E-state index contributed by atoms with van der Waals surface area (Å²) in [5.74, 6) is -0.116. The highest BCUT2D eigenvalue weighted by Crippen LogP contribution is 2.18. The molecular formula is C24H26N2O3S. The Balaban J connectivity index is 1.32. The lowest BCUT2D eigenvalue weighted by atomic mass is 10.1. The second-order valence-electron chi connectivity index (χ2n) is 7.56. The molecule has 156 valence electrons. The zero-order valence-electron chi connectivity index (χ0n) is 16.9. The summed E-state index contributed by atoms with van der Waals surface area (Å²) in [6, 6.07) is 17.6. The molecule has 1 unspecified atom stereocenters. The summed E-state index contributed by atoms with van der Waals surface area (Å²) in [7, 11) is 0. The van der Waals surface area contributed by atoms with Gasteiger partial charge in [-0.05, 0) is 47.2 Å². The topological polar surface area (TPSA) is 58.6 Å². The lowest BCUT2D eigenvalue weighted by molar-refractivity contribution is -0.133. The number of rotatable bonds is 8. The molecule has 2 amide bonds. The van der Waals surface area contributed by atoms with Crippen molar-refractivity contribution in [2.24, 2.45) is 0 Å². The Morgan fingerprint density at radius 3 is 2.73 bits per heavy atom. The molecule has 1 fully saturated rings. The third-order valence-electron chi connectivity index (χ3n) is 5.36. The highest BCUT2D eigenvalue weighted by Gasteiger charge is 2.23. The number of nitrogens with one attached hydrogen (secondary N) is 1. The van der Waals surface area contributed by atoms with Gasteiger partial charge in [-0.3, -0.25) is 9.59 Å². The van der Waals surface area contributed by atoms with Gasteiger partial charge >= 0.3 is 0 Å². The van der Waals surface area contributed by atoms with Crippen LogP contribution in [0.2, 0.25) is 0 Å². The van der Waals surface area contributed by atoms with Crippen molar-refractivity contribution in [3.05, 3.63) is 70.4 Å². The number of fused-ring (bicyclic) bond motifs is 1. The van der Waals surface area contributed by atoms with Crippen LogP contribution in [0.1, 0.15) is 34.5 Å². The number of hydrogen-bond donors (Lipinski definition) is 1. The number of carbonyl (C=O) groups is 2. The van der Waals surface area contributed by atoms with Gasteiger partial charge in [-0.2, -0.15) is 0 Å². The minimum absolute atomic E-state index is 0.0395. The smallest absolute Gasteiger partial charge is 0.251 e. The van der Waals surface area contributed by atoms with Crippen LogP contribution in [0, 0.1) is 0 Å². The van der Waals surface area contributed by atoms with E-state index >= 15 is 0 Å². The van der Waals surface area contributed by atoms with Crippen LogP contribution in [0.5, 0.6) is 0 Å². The number of nitrogens with zero attached hydrogens (tertiary/aromatic N) is 1. The number of carbonyl (C=O) groups excluding carboxylic acids is 2. The molecule has 0 bridgehead atoms. The molecule has 0 aliphatic carbocycles. The zero-order valence-corrected chi connectivity index (χ0v) is 17.7. The highest BCUT2D eigenvalue weighted by molar-refractivity contribution is 7.09. The van der Waals surface area contributed by atoms with E-state index in [1.54, 1.807) is 11.3 Å². The zero-order chi connectivity index (χ0) is 20.8. The molecule has 0 spiro atoms. The fourth-order valence-electron chi connectivity index (χ4n) is 3.75. The largest absolute Gasteiger partial charge is 0.376 e.